The molecule has 0 aromatic heterocycles. The zero-order chi connectivity index (χ0) is 12.8. The van der Waals surface area contributed by atoms with E-state index in [9.17, 15) is 4.79 Å². The summed E-state index contributed by atoms with van der Waals surface area (Å²) in [7, 11) is 0. The van der Waals surface area contributed by atoms with E-state index in [0.717, 1.165) is 5.57 Å². The maximum absolute atomic E-state index is 11.8. The van der Waals surface area contributed by atoms with Gasteiger partial charge in [-0.25, -0.2) is 0 Å². The highest BCUT2D eigenvalue weighted by Gasteiger charge is 2.23. The van der Waals surface area contributed by atoms with E-state index in [1.807, 2.05) is 13.8 Å². The number of aliphatic hydroxyl groups is 1. The van der Waals surface area contributed by atoms with Crippen LogP contribution in [0.1, 0.15) is 13.8 Å². The fraction of sp³-hybridized carbons (Fsp3) is 0.545. The van der Waals surface area contributed by atoms with Crippen molar-refractivity contribution in [2.24, 2.45) is 0 Å². The number of halogens is 1. The highest BCUT2D eigenvalue weighted by molar-refractivity contribution is 6.27. The van der Waals surface area contributed by atoms with Crippen molar-refractivity contribution < 1.29 is 14.6 Å². The molecule has 6 heteroatoms. The summed E-state index contributed by atoms with van der Waals surface area (Å²) in [6, 6.07) is 0. The van der Waals surface area contributed by atoms with Crippen LogP contribution in [0, 0.1) is 0 Å². The predicted molar refractivity (Wildman–Crippen MR) is 64.8 cm³/mol. The van der Waals surface area contributed by atoms with E-state index in [-0.39, 0.29) is 24.9 Å². The Balaban J connectivity index is 2.97. The van der Waals surface area contributed by atoms with Gasteiger partial charge in [-0.1, -0.05) is 0 Å². The number of alkyl halides is 1. The summed E-state index contributed by atoms with van der Waals surface area (Å²) in [6.07, 6.45) is 3.31. The van der Waals surface area contributed by atoms with Crippen LogP contribution in [-0.4, -0.2) is 46.6 Å². The Morgan fingerprint density at radius 2 is 2.29 bits per heavy atom. The smallest absolute Gasteiger partial charge is 0.243 e. The van der Waals surface area contributed by atoms with E-state index < -0.39 is 0 Å². The van der Waals surface area contributed by atoms with Crippen molar-refractivity contribution in [1.29, 1.82) is 0 Å². The van der Waals surface area contributed by atoms with Crippen LogP contribution in [0.25, 0.3) is 0 Å². The van der Waals surface area contributed by atoms with E-state index in [0.29, 0.717) is 12.6 Å². The van der Waals surface area contributed by atoms with Crippen molar-refractivity contribution in [3.63, 3.8) is 0 Å². The Kier molecular flexibility index (Phi) is 5.31. The molecule has 1 N–H and O–H groups in total. The second kappa shape index (κ2) is 6.51. The van der Waals surface area contributed by atoms with Crippen LogP contribution in [0.4, 0.5) is 0 Å². The summed E-state index contributed by atoms with van der Waals surface area (Å²) in [4.78, 5) is 15.0. The Morgan fingerprint density at radius 3 is 2.71 bits per heavy atom. The SMILES string of the molecule is CC(C)=C(N1C=COC1)N(CCO)C(=O)CCl. The summed E-state index contributed by atoms with van der Waals surface area (Å²) in [6.45, 7) is 4.26. The molecule has 0 aliphatic carbocycles. The van der Waals surface area contributed by atoms with Gasteiger partial charge in [0.05, 0.1) is 13.2 Å². The molecule has 1 aliphatic heterocycles. The first-order valence-corrected chi connectivity index (χ1v) is 5.84. The molecule has 0 aromatic carbocycles. The van der Waals surface area contributed by atoms with E-state index in [2.05, 4.69) is 0 Å². The number of hydrogen-bond acceptors (Lipinski definition) is 4. The van der Waals surface area contributed by atoms with Gasteiger partial charge in [0.1, 0.15) is 18.0 Å². The van der Waals surface area contributed by atoms with Gasteiger partial charge in [0.2, 0.25) is 5.91 Å². The summed E-state index contributed by atoms with van der Waals surface area (Å²) in [5.41, 5.74) is 0.951. The molecule has 0 fully saturated rings. The number of carbonyl (C=O) groups excluding carboxylic acids is 1. The van der Waals surface area contributed by atoms with E-state index in [4.69, 9.17) is 21.4 Å². The van der Waals surface area contributed by atoms with Crippen molar-refractivity contribution in [2.45, 2.75) is 13.8 Å². The minimum absolute atomic E-state index is 0.113. The first kappa shape index (κ1) is 13.9. The number of carbonyl (C=O) groups is 1. The van der Waals surface area contributed by atoms with Gasteiger partial charge in [-0.3, -0.25) is 14.6 Å². The molecule has 0 bridgehead atoms. The zero-order valence-electron chi connectivity index (χ0n) is 10.0. The van der Waals surface area contributed by atoms with Crippen LogP contribution in [0.3, 0.4) is 0 Å². The van der Waals surface area contributed by atoms with Gasteiger partial charge in [-0.05, 0) is 19.4 Å². The molecule has 0 spiro atoms. The van der Waals surface area contributed by atoms with Crippen LogP contribution >= 0.6 is 11.6 Å². The molecule has 0 aromatic rings. The number of aliphatic hydroxyl groups excluding tert-OH is 1. The average molecular weight is 261 g/mol. The third-order valence-corrected chi connectivity index (χ3v) is 2.49. The molecule has 1 amide bonds. The Morgan fingerprint density at radius 1 is 1.59 bits per heavy atom. The van der Waals surface area contributed by atoms with Gasteiger partial charge in [0, 0.05) is 6.20 Å². The Hall–Kier alpha value is -1.20. The van der Waals surface area contributed by atoms with Gasteiger partial charge in [-0.2, -0.15) is 0 Å². The van der Waals surface area contributed by atoms with Crippen molar-refractivity contribution >= 4 is 17.5 Å². The van der Waals surface area contributed by atoms with E-state index in [1.54, 1.807) is 17.4 Å². The average Bonchev–Trinajstić information content (AvgIpc) is 2.80. The predicted octanol–water partition coefficient (Wildman–Crippen LogP) is 1.06. The summed E-state index contributed by atoms with van der Waals surface area (Å²) in [5.74, 6) is 0.352. The molecular weight excluding hydrogens is 244 g/mol. The summed E-state index contributed by atoms with van der Waals surface area (Å²) < 4.78 is 5.11. The molecule has 96 valence electrons. The van der Waals surface area contributed by atoms with Gasteiger partial charge in [0.25, 0.3) is 0 Å². The lowest BCUT2D eigenvalue weighted by atomic mass is 10.3. The molecule has 1 heterocycles. The number of ether oxygens (including phenoxy) is 1. The maximum atomic E-state index is 11.8. The number of rotatable bonds is 5. The van der Waals surface area contributed by atoms with E-state index in [1.165, 1.54) is 4.90 Å². The monoisotopic (exact) mass is 260 g/mol. The molecule has 0 unspecified atom stereocenters. The molecular formula is C11H17ClN2O3. The standard InChI is InChI=1S/C11H17ClN2O3/c1-9(2)11(13-4-6-17-8-13)14(3-5-15)10(16)7-12/h4,6,15H,3,5,7-8H2,1-2H3. The molecule has 5 nitrogen and oxygen atoms in total. The minimum Gasteiger partial charge on any atom is -0.479 e. The summed E-state index contributed by atoms with van der Waals surface area (Å²) in [5, 5.41) is 9.03. The fourth-order valence-corrected chi connectivity index (χ4v) is 1.79. The number of nitrogens with zero attached hydrogens (tertiary/aromatic N) is 2. The topological polar surface area (TPSA) is 53.0 Å². The minimum atomic E-state index is -0.239. The molecule has 1 aliphatic rings. The van der Waals surface area contributed by atoms with E-state index >= 15 is 0 Å². The molecule has 0 atom stereocenters. The fourth-order valence-electron chi connectivity index (χ4n) is 1.65. The van der Waals surface area contributed by atoms with Crippen LogP contribution in [0.5, 0.6) is 0 Å². The lowest BCUT2D eigenvalue weighted by molar-refractivity contribution is -0.128. The largest absolute Gasteiger partial charge is 0.479 e. The Bertz CT molecular complexity index is 338. The first-order chi connectivity index (χ1) is 8.11. The third kappa shape index (κ3) is 3.38. The highest BCUT2D eigenvalue weighted by Crippen LogP contribution is 2.19. The zero-order valence-corrected chi connectivity index (χ0v) is 10.8. The maximum Gasteiger partial charge on any atom is 0.243 e. The summed E-state index contributed by atoms with van der Waals surface area (Å²) >= 11 is 5.57. The lowest BCUT2D eigenvalue weighted by Crippen LogP contribution is -2.40. The van der Waals surface area contributed by atoms with Gasteiger partial charge >= 0.3 is 0 Å². The van der Waals surface area contributed by atoms with Crippen molar-refractivity contribution in [3.05, 3.63) is 23.9 Å². The second-order valence-electron chi connectivity index (χ2n) is 3.78. The van der Waals surface area contributed by atoms with Crippen molar-refractivity contribution in [2.75, 3.05) is 25.8 Å². The molecule has 0 saturated carbocycles. The number of amides is 1. The van der Waals surface area contributed by atoms with Crippen LogP contribution < -0.4 is 0 Å². The first-order valence-electron chi connectivity index (χ1n) is 5.31. The molecule has 1 rings (SSSR count). The molecule has 0 saturated heterocycles. The van der Waals surface area contributed by atoms with Crippen LogP contribution in [-0.2, 0) is 9.53 Å². The third-order valence-electron chi connectivity index (χ3n) is 2.26. The quantitative estimate of drug-likeness (QED) is 0.751. The highest BCUT2D eigenvalue weighted by atomic mass is 35.5. The van der Waals surface area contributed by atoms with Gasteiger partial charge in [0.15, 0.2) is 6.73 Å². The second-order valence-corrected chi connectivity index (χ2v) is 4.04. The normalized spacial score (nSPS) is 13.5. The number of allylic oxidation sites excluding steroid dienone is 1. The van der Waals surface area contributed by atoms with Crippen LogP contribution in [0.2, 0.25) is 0 Å². The molecule has 17 heavy (non-hydrogen) atoms. The van der Waals surface area contributed by atoms with Gasteiger partial charge in [-0.15, -0.1) is 11.6 Å². The molecule has 0 radical (unpaired) electrons. The lowest BCUT2D eigenvalue weighted by Gasteiger charge is -2.30. The van der Waals surface area contributed by atoms with Crippen molar-refractivity contribution in [1.82, 2.24) is 9.80 Å². The van der Waals surface area contributed by atoms with Crippen molar-refractivity contribution in [3.8, 4) is 0 Å². The Labute approximate surface area is 106 Å². The van der Waals surface area contributed by atoms with Gasteiger partial charge < -0.3 is 9.84 Å². The van der Waals surface area contributed by atoms with Crippen LogP contribution in [0.15, 0.2) is 23.9 Å². The number of hydrogen-bond donors (Lipinski definition) is 1.